The molecule has 2 aromatic rings. The molecule has 3 atom stereocenters. The molecule has 74 heavy (non-hydrogen) atoms. The third-order valence-electron chi connectivity index (χ3n) is 9.84. The Morgan fingerprint density at radius 2 is 1.04 bits per heavy atom. The molecule has 33 heteroatoms. The van der Waals surface area contributed by atoms with E-state index in [0.29, 0.717) is 70.7 Å². The van der Waals surface area contributed by atoms with Gasteiger partial charge in [0.05, 0.1) is 45.2 Å². The van der Waals surface area contributed by atoms with Crippen molar-refractivity contribution in [2.24, 2.45) is 11.7 Å². The predicted molar refractivity (Wildman–Crippen MR) is 236 cm³/mol. The van der Waals surface area contributed by atoms with Crippen LogP contribution in [0.2, 0.25) is 0 Å². The summed E-state index contributed by atoms with van der Waals surface area (Å²) in [6, 6.07) is 20.5. The van der Waals surface area contributed by atoms with Gasteiger partial charge < -0.3 is 39.5 Å². The molecule has 20 nitrogen and oxygen atoms in total. The number of hydrogen-bond donors (Lipinski definition) is 5. The molecule has 2 saturated heterocycles. The van der Waals surface area contributed by atoms with Gasteiger partial charge in [-0.1, -0.05) is 60.7 Å². The number of carbonyl (C=O) groups excluding carboxylic acids is 3. The van der Waals surface area contributed by atoms with E-state index in [1.807, 2.05) is 62.4 Å². The van der Waals surface area contributed by atoms with Crippen LogP contribution < -0.4 is 11.1 Å². The Morgan fingerprint density at radius 1 is 0.676 bits per heavy atom. The number of nitrogens with one attached hydrogen (secondary N) is 1. The van der Waals surface area contributed by atoms with Crippen LogP contribution in [0.25, 0.3) is 0 Å². The number of Topliss-reactive ketones (excluding diaryl/α,β-unsaturated/α-hetero) is 1. The summed E-state index contributed by atoms with van der Waals surface area (Å²) in [5, 5.41) is 3.50. The summed E-state index contributed by atoms with van der Waals surface area (Å²) in [6.45, 7) is 10.5. The SMILES string of the molecule is CCOC(=O)C1=C(N[C@H](C)c2ccccc2)CCC2(C1)OCCO2.CCOC(=O)C1CC2(CCC1=O)OCCO2.C[C@@H](N)c1ccccc1.O=S(=O)(O)C(F)(F)F.O=S(=O)(O)C(F)(F)F.O=S(=O)(O)C(F)(F)F.[Yb]. The van der Waals surface area contributed by atoms with Crippen LogP contribution >= 0.6 is 0 Å². The molecule has 0 bridgehead atoms. The zero-order chi connectivity index (χ0) is 56.3. The molecule has 2 aliphatic carbocycles. The Kier molecular flexibility index (Phi) is 29.6. The number of nitrogens with two attached hydrogens (primary N) is 1. The molecular weight excluding hydrogens is 1250 g/mol. The zero-order valence-electron chi connectivity index (χ0n) is 39.4. The number of benzene rings is 2. The van der Waals surface area contributed by atoms with Gasteiger partial charge in [0.25, 0.3) is 0 Å². The number of rotatable bonds is 8. The summed E-state index contributed by atoms with van der Waals surface area (Å²) < 4.78 is 205. The minimum atomic E-state index is -5.84. The third-order valence-corrected chi connectivity index (χ3v) is 11.6. The van der Waals surface area contributed by atoms with Gasteiger partial charge in [-0.2, -0.15) is 64.8 Å². The van der Waals surface area contributed by atoms with Crippen molar-refractivity contribution in [2.75, 3.05) is 39.6 Å². The molecule has 2 aromatic carbocycles. The molecule has 1 unspecified atom stereocenters. The van der Waals surface area contributed by atoms with E-state index in [1.165, 1.54) is 11.1 Å². The summed E-state index contributed by atoms with van der Waals surface area (Å²) in [5.41, 5.74) is -7.03. The first-order chi connectivity index (χ1) is 33.4. The number of esters is 2. The molecule has 6 N–H and O–H groups in total. The van der Waals surface area contributed by atoms with Crippen molar-refractivity contribution >= 4 is 48.1 Å². The van der Waals surface area contributed by atoms with Crippen molar-refractivity contribution in [1.29, 1.82) is 0 Å². The standard InChI is InChI=1S/C19H25NO4.C11H16O5.C8H11N.3CHF3O3S.Yb/c1-3-22-18(21)16-13-19(23-11-12-24-19)10-9-17(16)20-14(2)15-7-5-4-6-8-15;1-2-14-10(13)8-7-11(4-3-9(8)12)15-5-6-16-11;1-7(9)8-5-3-2-4-6-8;3*2-1(3,4)8(5,6)7;/h4-8,14,20H,3,9-13H2,1-2H3;8H,2-7H2,1H3;2-7H,9H2,1H3;3*(H,5,6,7);/t14-;;7-;;;;/m1.1..../s1. The molecule has 0 radical (unpaired) electrons. The maximum atomic E-state index is 12.4. The molecule has 2 spiro atoms. The first kappa shape index (κ1) is 71.0. The van der Waals surface area contributed by atoms with Gasteiger partial charge in [-0.3, -0.25) is 23.2 Å². The number of allylic oxidation sites excluding steroid dienone is 1. The Balaban J connectivity index is 0.000000927. The van der Waals surface area contributed by atoms with Crippen molar-refractivity contribution in [3.8, 4) is 0 Å². The van der Waals surface area contributed by atoms with Crippen LogP contribution in [0.4, 0.5) is 39.5 Å². The van der Waals surface area contributed by atoms with Crippen LogP contribution in [0.15, 0.2) is 71.9 Å². The summed E-state index contributed by atoms with van der Waals surface area (Å²) in [5.74, 6) is -2.88. The third kappa shape index (κ3) is 24.6. The maximum absolute atomic E-state index is 12.4. The smallest absolute Gasteiger partial charge is 0.465 e. The van der Waals surface area contributed by atoms with Crippen LogP contribution in [0, 0.1) is 52.8 Å². The van der Waals surface area contributed by atoms with Gasteiger partial charge in [-0.25, -0.2) is 4.79 Å². The average molecular weight is 1300 g/mol. The molecule has 1 saturated carbocycles. The molecule has 432 valence electrons. The van der Waals surface area contributed by atoms with Gasteiger partial charge in [-0.15, -0.1) is 0 Å². The van der Waals surface area contributed by atoms with Crippen molar-refractivity contribution in [1.82, 2.24) is 5.32 Å². The number of halogens is 9. The van der Waals surface area contributed by atoms with Crippen molar-refractivity contribution < 1.29 is 168 Å². The van der Waals surface area contributed by atoms with E-state index in [0.717, 1.165) is 12.1 Å². The largest absolute Gasteiger partial charge is 0.522 e. The van der Waals surface area contributed by atoms with Crippen LogP contribution in [0.3, 0.4) is 0 Å². The number of alkyl halides is 9. The summed E-state index contributed by atoms with van der Waals surface area (Å²) in [4.78, 5) is 35.7. The number of ether oxygens (including phenoxy) is 6. The Bertz CT molecular complexity index is 2340. The Morgan fingerprint density at radius 3 is 1.39 bits per heavy atom. The van der Waals surface area contributed by atoms with Gasteiger partial charge >= 0.3 is 58.8 Å². The monoisotopic (exact) mass is 1300 g/mol. The topological polar surface area (TPSA) is 308 Å². The predicted octanol–water partition coefficient (Wildman–Crippen LogP) is 6.63. The van der Waals surface area contributed by atoms with E-state index in [1.54, 1.807) is 6.92 Å². The van der Waals surface area contributed by atoms with Crippen molar-refractivity contribution in [2.45, 2.75) is 106 Å². The number of ketones is 1. The number of hydrogen-bond acceptors (Lipinski definition) is 17. The van der Waals surface area contributed by atoms with Crippen molar-refractivity contribution in [3.63, 3.8) is 0 Å². The second kappa shape index (κ2) is 30.8. The second-order valence-electron chi connectivity index (χ2n) is 15.3. The van der Waals surface area contributed by atoms with E-state index < -0.39 is 70.3 Å². The van der Waals surface area contributed by atoms with Crippen molar-refractivity contribution in [3.05, 3.63) is 83.1 Å². The normalized spacial score (nSPS) is 19.0. The van der Waals surface area contributed by atoms with E-state index in [-0.39, 0.29) is 77.4 Å². The molecule has 2 aliphatic heterocycles. The molecular formula is C41H55F9N2O18S3Yb. The summed E-state index contributed by atoms with van der Waals surface area (Å²) in [7, 11) is -17.5. The second-order valence-corrected chi connectivity index (χ2v) is 19.5. The fourth-order valence-electron chi connectivity index (χ4n) is 6.32. The van der Waals surface area contributed by atoms with Crippen LogP contribution in [0.5, 0.6) is 0 Å². The van der Waals surface area contributed by atoms with Gasteiger partial charge in [0.1, 0.15) is 11.7 Å². The first-order valence-electron chi connectivity index (χ1n) is 21.2. The quantitative estimate of drug-likeness (QED) is 0.0609. The van der Waals surface area contributed by atoms with E-state index in [2.05, 4.69) is 24.4 Å². The van der Waals surface area contributed by atoms with Gasteiger partial charge in [0.2, 0.25) is 0 Å². The molecule has 0 amide bonds. The number of carbonyl (C=O) groups is 3. The molecule has 0 aromatic heterocycles. The zero-order valence-corrected chi connectivity index (χ0v) is 43.6. The van der Waals surface area contributed by atoms with E-state index in [4.69, 9.17) is 73.1 Å². The van der Waals surface area contributed by atoms with Crippen LogP contribution in [-0.4, -0.2) is 124 Å². The Labute approximate surface area is 459 Å². The molecule has 6 rings (SSSR count). The van der Waals surface area contributed by atoms with Gasteiger partial charge in [0, 0.05) is 96.8 Å². The Hall–Kier alpha value is -2.99. The van der Waals surface area contributed by atoms with Gasteiger partial charge in [-0.05, 0) is 45.2 Å². The average Bonchev–Trinajstić information content (AvgIpc) is 3.95. The van der Waals surface area contributed by atoms with Gasteiger partial charge in [0.15, 0.2) is 11.6 Å². The molecule has 2 heterocycles. The summed E-state index contributed by atoms with van der Waals surface area (Å²) >= 11 is 0. The molecule has 4 aliphatic rings. The van der Waals surface area contributed by atoms with E-state index in [9.17, 15) is 53.9 Å². The minimum absolute atomic E-state index is 0. The fraction of sp³-hybridized carbons (Fsp3) is 0.585. The minimum Gasteiger partial charge on any atom is -0.465 e. The summed E-state index contributed by atoms with van der Waals surface area (Å²) in [6.07, 6.45) is 3.07. The van der Waals surface area contributed by atoms with Crippen LogP contribution in [-0.2, 0) is 73.2 Å². The molecule has 3 fully saturated rings. The van der Waals surface area contributed by atoms with E-state index >= 15 is 0 Å². The fourth-order valence-corrected chi connectivity index (χ4v) is 6.32. The maximum Gasteiger partial charge on any atom is 0.522 e. The van der Waals surface area contributed by atoms with Crippen LogP contribution in [0.1, 0.15) is 89.4 Å². The first-order valence-corrected chi connectivity index (χ1v) is 25.6.